The number of rotatable bonds is 6. The third-order valence-corrected chi connectivity index (χ3v) is 6.58. The Bertz CT molecular complexity index is 1270. The van der Waals surface area contributed by atoms with Crippen LogP contribution in [0.2, 0.25) is 0 Å². The zero-order valence-corrected chi connectivity index (χ0v) is 19.4. The summed E-state index contributed by atoms with van der Waals surface area (Å²) >= 11 is 1.45. The number of carbonyl (C=O) groups excluding carboxylic acids is 1. The van der Waals surface area contributed by atoms with Gasteiger partial charge in [-0.15, -0.1) is 0 Å². The molecule has 8 heteroatoms. The van der Waals surface area contributed by atoms with Gasteiger partial charge in [0.2, 0.25) is 0 Å². The molecule has 0 aliphatic carbocycles. The summed E-state index contributed by atoms with van der Waals surface area (Å²) in [5, 5.41) is 0.590. The molecular formula is C25H25N3O4S. The second-order valence-corrected chi connectivity index (χ2v) is 8.88. The van der Waals surface area contributed by atoms with E-state index in [1.807, 2.05) is 60.4 Å². The molecule has 1 aliphatic rings. The number of hydrogen-bond acceptors (Lipinski definition) is 7. The molecule has 7 nitrogen and oxygen atoms in total. The van der Waals surface area contributed by atoms with Crippen LogP contribution in [-0.4, -0.2) is 49.1 Å². The Morgan fingerprint density at radius 2 is 1.88 bits per heavy atom. The standard InChI is InChI=1S/C25H25N3O4S/c1-17-7-9-21-19(15-17)26-25(32-21)33-16-18-8-10-23(31-18)24(29)28-13-11-27(12-14-28)20-5-3-4-6-22(20)30-2/h3-10,15H,11-14,16H2,1-2H3. The van der Waals surface area contributed by atoms with Gasteiger partial charge in [-0.25, -0.2) is 4.98 Å². The maximum atomic E-state index is 13.0. The number of aryl methyl sites for hydroxylation is 1. The summed E-state index contributed by atoms with van der Waals surface area (Å²) in [4.78, 5) is 21.6. The largest absolute Gasteiger partial charge is 0.495 e. The number of anilines is 1. The molecule has 1 amide bonds. The van der Waals surface area contributed by atoms with Crippen molar-refractivity contribution in [2.45, 2.75) is 17.9 Å². The van der Waals surface area contributed by atoms with Crippen molar-refractivity contribution < 1.29 is 18.4 Å². The van der Waals surface area contributed by atoms with Crippen LogP contribution in [0.4, 0.5) is 5.69 Å². The minimum absolute atomic E-state index is 0.0803. The number of para-hydroxylation sites is 2. The number of methoxy groups -OCH3 is 1. The molecule has 1 aliphatic heterocycles. The van der Waals surface area contributed by atoms with E-state index in [0.29, 0.717) is 29.8 Å². The Labute approximate surface area is 196 Å². The molecule has 0 unspecified atom stereocenters. The molecule has 3 heterocycles. The van der Waals surface area contributed by atoms with Gasteiger partial charge < -0.3 is 23.4 Å². The number of ether oxygens (including phenoxy) is 1. The maximum Gasteiger partial charge on any atom is 0.289 e. The van der Waals surface area contributed by atoms with E-state index in [1.165, 1.54) is 11.8 Å². The van der Waals surface area contributed by atoms with Crippen LogP contribution in [0.15, 0.2) is 68.7 Å². The van der Waals surface area contributed by atoms with E-state index in [4.69, 9.17) is 13.6 Å². The van der Waals surface area contributed by atoms with Gasteiger partial charge in [0.15, 0.2) is 11.3 Å². The molecule has 0 N–H and O–H groups in total. The minimum Gasteiger partial charge on any atom is -0.495 e. The van der Waals surface area contributed by atoms with E-state index in [2.05, 4.69) is 9.88 Å². The number of benzene rings is 2. The summed E-state index contributed by atoms with van der Waals surface area (Å²) in [5.74, 6) is 2.39. The normalized spacial score (nSPS) is 14.1. The van der Waals surface area contributed by atoms with Crippen LogP contribution >= 0.6 is 11.8 Å². The van der Waals surface area contributed by atoms with Gasteiger partial charge in [-0.1, -0.05) is 30.0 Å². The van der Waals surface area contributed by atoms with Gasteiger partial charge in [-0.2, -0.15) is 0 Å². The predicted octanol–water partition coefficient (Wildman–Crippen LogP) is 4.99. The zero-order valence-electron chi connectivity index (χ0n) is 18.6. The molecule has 4 aromatic rings. The van der Waals surface area contributed by atoms with E-state index in [-0.39, 0.29) is 5.91 Å². The fraction of sp³-hybridized carbons (Fsp3) is 0.280. The molecule has 2 aromatic carbocycles. The van der Waals surface area contributed by atoms with E-state index in [1.54, 1.807) is 13.2 Å². The number of aromatic nitrogens is 1. The summed E-state index contributed by atoms with van der Waals surface area (Å²) in [6.07, 6.45) is 0. The van der Waals surface area contributed by atoms with Crippen LogP contribution in [0.1, 0.15) is 21.9 Å². The lowest BCUT2D eigenvalue weighted by Crippen LogP contribution is -2.48. The van der Waals surface area contributed by atoms with Gasteiger partial charge in [-0.3, -0.25) is 4.79 Å². The summed E-state index contributed by atoms with van der Waals surface area (Å²) in [5.41, 5.74) is 3.81. The van der Waals surface area contributed by atoms with Gasteiger partial charge in [0.25, 0.3) is 11.1 Å². The molecule has 1 fully saturated rings. The summed E-state index contributed by atoms with van der Waals surface area (Å²) in [6, 6.07) is 17.5. The van der Waals surface area contributed by atoms with E-state index >= 15 is 0 Å². The average molecular weight is 464 g/mol. The Hall–Kier alpha value is -3.39. The highest BCUT2D eigenvalue weighted by molar-refractivity contribution is 7.98. The number of fused-ring (bicyclic) bond motifs is 1. The van der Waals surface area contributed by atoms with Crippen LogP contribution in [0.25, 0.3) is 11.1 Å². The second kappa shape index (κ2) is 9.23. The lowest BCUT2D eigenvalue weighted by atomic mass is 10.2. The predicted molar refractivity (Wildman–Crippen MR) is 128 cm³/mol. The molecule has 33 heavy (non-hydrogen) atoms. The van der Waals surface area contributed by atoms with Gasteiger partial charge in [-0.05, 0) is 48.9 Å². The minimum atomic E-state index is -0.0803. The SMILES string of the molecule is COc1ccccc1N1CCN(C(=O)c2ccc(CSc3nc4cc(C)ccc4o3)o2)CC1. The number of carbonyl (C=O) groups is 1. The number of nitrogens with zero attached hydrogens (tertiary/aromatic N) is 3. The third-order valence-electron chi connectivity index (χ3n) is 5.73. The Morgan fingerprint density at radius 3 is 2.70 bits per heavy atom. The quantitative estimate of drug-likeness (QED) is 0.373. The first kappa shape index (κ1) is 21.5. The Kier molecular flexibility index (Phi) is 6.00. The topological polar surface area (TPSA) is 72.0 Å². The second-order valence-electron chi connectivity index (χ2n) is 7.96. The number of hydrogen-bond donors (Lipinski definition) is 0. The lowest BCUT2D eigenvalue weighted by molar-refractivity contribution is 0.0713. The zero-order chi connectivity index (χ0) is 22.8. The maximum absolute atomic E-state index is 13.0. The molecule has 0 saturated carbocycles. The number of piperazine rings is 1. The Balaban J connectivity index is 1.18. The third kappa shape index (κ3) is 4.57. The first-order valence-electron chi connectivity index (χ1n) is 10.9. The highest BCUT2D eigenvalue weighted by atomic mass is 32.2. The number of oxazole rings is 1. The highest BCUT2D eigenvalue weighted by Gasteiger charge is 2.25. The number of furan rings is 1. The Morgan fingerprint density at radius 1 is 1.06 bits per heavy atom. The van der Waals surface area contributed by atoms with E-state index < -0.39 is 0 Å². The highest BCUT2D eigenvalue weighted by Crippen LogP contribution is 2.29. The first-order valence-corrected chi connectivity index (χ1v) is 11.9. The van der Waals surface area contributed by atoms with Crippen molar-refractivity contribution in [2.75, 3.05) is 38.2 Å². The van der Waals surface area contributed by atoms with Crippen LogP contribution in [-0.2, 0) is 5.75 Å². The molecular weight excluding hydrogens is 438 g/mol. The van der Waals surface area contributed by atoms with Crippen LogP contribution in [0.3, 0.4) is 0 Å². The number of amides is 1. The molecule has 0 atom stereocenters. The molecule has 1 saturated heterocycles. The number of thioether (sulfide) groups is 1. The van der Waals surface area contributed by atoms with Gasteiger partial charge >= 0.3 is 0 Å². The fourth-order valence-corrected chi connectivity index (χ4v) is 4.71. The summed E-state index contributed by atoms with van der Waals surface area (Å²) in [7, 11) is 1.68. The molecule has 0 bridgehead atoms. The van der Waals surface area contributed by atoms with Crippen LogP contribution in [0.5, 0.6) is 5.75 Å². The van der Waals surface area contributed by atoms with E-state index in [9.17, 15) is 4.79 Å². The molecule has 170 valence electrons. The van der Waals surface area contributed by atoms with Gasteiger partial charge in [0.1, 0.15) is 17.0 Å². The van der Waals surface area contributed by atoms with Crippen LogP contribution < -0.4 is 9.64 Å². The monoisotopic (exact) mass is 463 g/mol. The van der Waals surface area contributed by atoms with Crippen molar-refractivity contribution in [3.05, 3.63) is 71.7 Å². The van der Waals surface area contributed by atoms with Crippen molar-refractivity contribution in [3.63, 3.8) is 0 Å². The van der Waals surface area contributed by atoms with E-state index in [0.717, 1.165) is 46.9 Å². The molecule has 5 rings (SSSR count). The van der Waals surface area contributed by atoms with Crippen molar-refractivity contribution in [3.8, 4) is 5.75 Å². The van der Waals surface area contributed by atoms with Gasteiger partial charge in [0, 0.05) is 26.2 Å². The smallest absolute Gasteiger partial charge is 0.289 e. The van der Waals surface area contributed by atoms with Crippen molar-refractivity contribution >= 4 is 34.5 Å². The lowest BCUT2D eigenvalue weighted by Gasteiger charge is -2.36. The molecule has 0 radical (unpaired) electrons. The first-order chi connectivity index (χ1) is 16.1. The van der Waals surface area contributed by atoms with Crippen molar-refractivity contribution in [1.29, 1.82) is 0 Å². The molecule has 2 aromatic heterocycles. The van der Waals surface area contributed by atoms with Crippen molar-refractivity contribution in [2.24, 2.45) is 0 Å². The fourth-order valence-electron chi connectivity index (χ4n) is 3.98. The van der Waals surface area contributed by atoms with Crippen molar-refractivity contribution in [1.82, 2.24) is 9.88 Å². The summed E-state index contributed by atoms with van der Waals surface area (Å²) in [6.45, 7) is 4.77. The van der Waals surface area contributed by atoms with Crippen LogP contribution in [0, 0.1) is 6.92 Å². The average Bonchev–Trinajstić information content (AvgIpc) is 3.49. The molecule has 0 spiro atoms. The summed E-state index contributed by atoms with van der Waals surface area (Å²) < 4.78 is 17.1. The van der Waals surface area contributed by atoms with Gasteiger partial charge in [0.05, 0.1) is 18.6 Å².